The van der Waals surface area contributed by atoms with Crippen molar-refractivity contribution in [3.63, 3.8) is 0 Å². The number of rotatable bonds is 4. The Morgan fingerprint density at radius 1 is 1.28 bits per heavy atom. The number of fused-ring (bicyclic) bond motifs is 1. The fourth-order valence-corrected chi connectivity index (χ4v) is 2.56. The summed E-state index contributed by atoms with van der Waals surface area (Å²) in [5, 5.41) is 2.67. The van der Waals surface area contributed by atoms with Gasteiger partial charge in [-0.05, 0) is 35.9 Å². The van der Waals surface area contributed by atoms with E-state index in [2.05, 4.69) is 5.32 Å². The minimum absolute atomic E-state index is 0.0535. The molecule has 2 aromatic carbocycles. The molecule has 0 radical (unpaired) electrons. The van der Waals surface area contributed by atoms with Crippen LogP contribution in [0.1, 0.15) is 22.8 Å². The van der Waals surface area contributed by atoms with Crippen molar-refractivity contribution in [3.8, 4) is 11.5 Å². The average Bonchev–Trinajstić information content (AvgIpc) is 3.03. The normalized spacial score (nSPS) is 12.0. The third-order valence-electron chi connectivity index (χ3n) is 3.37. The molecule has 1 heterocycles. The summed E-state index contributed by atoms with van der Waals surface area (Å²) >= 11 is 6.07. The molecule has 0 aromatic heterocycles. The molecular formula is C17H13ClFNO5. The van der Waals surface area contributed by atoms with Crippen molar-refractivity contribution in [2.24, 2.45) is 0 Å². The van der Waals surface area contributed by atoms with Crippen molar-refractivity contribution < 1.29 is 28.2 Å². The average molecular weight is 366 g/mol. The molecule has 0 bridgehead atoms. The molecule has 1 aliphatic rings. The van der Waals surface area contributed by atoms with Crippen molar-refractivity contribution in [2.75, 3.05) is 12.1 Å². The number of ether oxygens (including phenoxy) is 3. The summed E-state index contributed by atoms with van der Waals surface area (Å²) in [6.45, 7) is 1.27. The number of halogens is 2. The van der Waals surface area contributed by atoms with Gasteiger partial charge in [-0.3, -0.25) is 4.79 Å². The Morgan fingerprint density at radius 3 is 2.84 bits per heavy atom. The predicted octanol–water partition coefficient (Wildman–Crippen LogP) is 3.52. The van der Waals surface area contributed by atoms with Crippen LogP contribution < -0.4 is 14.8 Å². The predicted molar refractivity (Wildman–Crippen MR) is 87.4 cm³/mol. The van der Waals surface area contributed by atoms with Crippen LogP contribution in [0.4, 0.5) is 10.1 Å². The summed E-state index contributed by atoms with van der Waals surface area (Å²) in [6.07, 6.45) is 0. The lowest BCUT2D eigenvalue weighted by atomic mass is 10.2. The van der Waals surface area contributed by atoms with Crippen LogP contribution in [0.5, 0.6) is 11.5 Å². The Hall–Kier alpha value is -2.80. The summed E-state index contributed by atoms with van der Waals surface area (Å²) in [7, 11) is 0. The molecule has 8 heteroatoms. The maximum atomic E-state index is 13.6. The highest BCUT2D eigenvalue weighted by atomic mass is 35.5. The summed E-state index contributed by atoms with van der Waals surface area (Å²) in [4.78, 5) is 23.2. The first-order chi connectivity index (χ1) is 11.9. The van der Waals surface area contributed by atoms with Crippen LogP contribution in [0.2, 0.25) is 5.02 Å². The van der Waals surface area contributed by atoms with Gasteiger partial charge < -0.3 is 19.5 Å². The molecule has 0 saturated heterocycles. The van der Waals surface area contributed by atoms with E-state index in [0.29, 0.717) is 22.1 Å². The monoisotopic (exact) mass is 365 g/mol. The van der Waals surface area contributed by atoms with E-state index in [4.69, 9.17) is 25.8 Å². The van der Waals surface area contributed by atoms with Gasteiger partial charge in [0.25, 0.3) is 0 Å². The lowest BCUT2D eigenvalue weighted by molar-refractivity contribution is -0.114. The van der Waals surface area contributed by atoms with Crippen molar-refractivity contribution in [1.82, 2.24) is 0 Å². The second-order valence-electron chi connectivity index (χ2n) is 5.26. The van der Waals surface area contributed by atoms with Gasteiger partial charge in [-0.15, -0.1) is 0 Å². The standard InChI is InChI=1S/C17H13ClFNO5/c1-9(21)20-14-6-11(2-3-13(14)19)17(22)23-7-10-4-12(18)16-15(5-10)24-8-25-16/h2-6H,7-8H2,1H3,(H,20,21). The first kappa shape index (κ1) is 17.0. The van der Waals surface area contributed by atoms with Crippen LogP contribution in [0.15, 0.2) is 30.3 Å². The summed E-state index contributed by atoms with van der Waals surface area (Å²) < 4.78 is 29.3. The zero-order valence-corrected chi connectivity index (χ0v) is 13.9. The third kappa shape index (κ3) is 3.83. The van der Waals surface area contributed by atoms with E-state index in [9.17, 15) is 14.0 Å². The van der Waals surface area contributed by atoms with Crippen molar-refractivity contribution in [1.29, 1.82) is 0 Å². The Balaban J connectivity index is 1.71. The number of amides is 1. The summed E-state index contributed by atoms with van der Waals surface area (Å²) in [5.74, 6) is -0.822. The van der Waals surface area contributed by atoms with Gasteiger partial charge in [0.05, 0.1) is 16.3 Å². The van der Waals surface area contributed by atoms with Crippen molar-refractivity contribution >= 4 is 29.2 Å². The zero-order chi connectivity index (χ0) is 18.0. The molecule has 0 saturated carbocycles. The summed E-state index contributed by atoms with van der Waals surface area (Å²) in [6, 6.07) is 6.84. The van der Waals surface area contributed by atoms with Gasteiger partial charge in [-0.2, -0.15) is 0 Å². The van der Waals surface area contributed by atoms with E-state index in [1.807, 2.05) is 0 Å². The molecule has 6 nitrogen and oxygen atoms in total. The topological polar surface area (TPSA) is 73.9 Å². The van der Waals surface area contributed by atoms with Gasteiger partial charge in [0.15, 0.2) is 11.5 Å². The number of hydrogen-bond acceptors (Lipinski definition) is 5. The Labute approximate surface area is 147 Å². The lowest BCUT2D eigenvalue weighted by Crippen LogP contribution is -2.10. The maximum absolute atomic E-state index is 13.6. The van der Waals surface area contributed by atoms with E-state index < -0.39 is 17.7 Å². The van der Waals surface area contributed by atoms with Gasteiger partial charge in [0, 0.05) is 6.92 Å². The first-order valence-electron chi connectivity index (χ1n) is 7.26. The Kier molecular flexibility index (Phi) is 4.76. The van der Waals surface area contributed by atoms with Crippen molar-refractivity contribution in [2.45, 2.75) is 13.5 Å². The highest BCUT2D eigenvalue weighted by Gasteiger charge is 2.19. The van der Waals surface area contributed by atoms with Gasteiger partial charge in [-0.25, -0.2) is 9.18 Å². The van der Waals surface area contributed by atoms with E-state index in [0.717, 1.165) is 6.07 Å². The second kappa shape index (κ2) is 6.98. The second-order valence-corrected chi connectivity index (χ2v) is 5.67. The van der Waals surface area contributed by atoms with Crippen LogP contribution in [0, 0.1) is 5.82 Å². The molecule has 0 unspecified atom stereocenters. The Bertz CT molecular complexity index is 855. The van der Waals surface area contributed by atoms with E-state index in [-0.39, 0.29) is 24.7 Å². The minimum atomic E-state index is -0.666. The summed E-state index contributed by atoms with van der Waals surface area (Å²) in [5.41, 5.74) is 0.636. The molecule has 1 aliphatic heterocycles. The maximum Gasteiger partial charge on any atom is 0.338 e. The first-order valence-corrected chi connectivity index (χ1v) is 7.64. The molecule has 0 aliphatic carbocycles. The van der Waals surface area contributed by atoms with Gasteiger partial charge >= 0.3 is 5.97 Å². The fraction of sp³-hybridized carbons (Fsp3) is 0.176. The molecule has 1 amide bonds. The molecule has 130 valence electrons. The molecule has 3 rings (SSSR count). The molecule has 0 atom stereocenters. The molecule has 2 aromatic rings. The van der Waals surface area contributed by atoms with Gasteiger partial charge in [0.1, 0.15) is 12.4 Å². The number of nitrogens with one attached hydrogen (secondary N) is 1. The smallest absolute Gasteiger partial charge is 0.338 e. The minimum Gasteiger partial charge on any atom is -0.457 e. The quantitative estimate of drug-likeness (QED) is 0.839. The van der Waals surface area contributed by atoms with Crippen LogP contribution in [0.3, 0.4) is 0 Å². The lowest BCUT2D eigenvalue weighted by Gasteiger charge is -2.09. The van der Waals surface area contributed by atoms with E-state index in [1.54, 1.807) is 12.1 Å². The van der Waals surface area contributed by atoms with Gasteiger partial charge in [-0.1, -0.05) is 11.6 Å². The number of anilines is 1. The third-order valence-corrected chi connectivity index (χ3v) is 3.65. The van der Waals surface area contributed by atoms with E-state index in [1.165, 1.54) is 19.1 Å². The SMILES string of the molecule is CC(=O)Nc1cc(C(=O)OCc2cc(Cl)c3c(c2)OCO3)ccc1F. The number of esters is 1. The van der Waals surface area contributed by atoms with Crippen LogP contribution in [-0.4, -0.2) is 18.7 Å². The highest BCUT2D eigenvalue weighted by molar-refractivity contribution is 6.32. The van der Waals surface area contributed by atoms with E-state index >= 15 is 0 Å². The largest absolute Gasteiger partial charge is 0.457 e. The molecule has 0 fully saturated rings. The van der Waals surface area contributed by atoms with Gasteiger partial charge in [0.2, 0.25) is 12.7 Å². The number of hydrogen-bond donors (Lipinski definition) is 1. The fourth-order valence-electron chi connectivity index (χ4n) is 2.27. The zero-order valence-electron chi connectivity index (χ0n) is 13.1. The molecule has 0 spiro atoms. The Morgan fingerprint density at radius 2 is 2.08 bits per heavy atom. The van der Waals surface area contributed by atoms with Crippen LogP contribution in [-0.2, 0) is 16.1 Å². The van der Waals surface area contributed by atoms with Crippen LogP contribution in [0.25, 0.3) is 0 Å². The van der Waals surface area contributed by atoms with Crippen molar-refractivity contribution in [3.05, 3.63) is 52.3 Å². The number of carbonyl (C=O) groups excluding carboxylic acids is 2. The number of benzene rings is 2. The molecule has 25 heavy (non-hydrogen) atoms. The number of carbonyl (C=O) groups is 2. The van der Waals surface area contributed by atoms with Crippen LogP contribution >= 0.6 is 11.6 Å². The molecular weight excluding hydrogens is 353 g/mol. The molecule has 1 N–H and O–H groups in total. The highest BCUT2D eigenvalue weighted by Crippen LogP contribution is 2.39.